The Hall–Kier alpha value is -2.64. The number of nitrogens with zero attached hydrogens (tertiary/aromatic N) is 2. The molecule has 110 valence electrons. The molecule has 0 amide bonds. The smallest absolute Gasteiger partial charge is 0.374 e. The predicted molar refractivity (Wildman–Crippen MR) is 69.7 cm³/mol. The van der Waals surface area contributed by atoms with Crippen molar-refractivity contribution in [1.29, 1.82) is 0 Å². The maximum atomic E-state index is 12.6. The summed E-state index contributed by atoms with van der Waals surface area (Å²) in [5.74, 6) is 0. The molecule has 2 aromatic rings. The number of aromatic nitrogens is 1. The highest BCUT2D eigenvalue weighted by Gasteiger charge is 2.32. The summed E-state index contributed by atoms with van der Waals surface area (Å²) < 4.78 is 37.7. The van der Waals surface area contributed by atoms with E-state index >= 15 is 0 Å². The quantitative estimate of drug-likeness (QED) is 0.691. The van der Waals surface area contributed by atoms with Gasteiger partial charge >= 0.3 is 6.18 Å². The van der Waals surface area contributed by atoms with Crippen molar-refractivity contribution < 1.29 is 18.1 Å². The highest BCUT2D eigenvalue weighted by molar-refractivity contribution is 5.63. The lowest BCUT2D eigenvalue weighted by Crippen LogP contribution is -2.08. The summed E-state index contributed by atoms with van der Waals surface area (Å²) in [6, 6.07) is 7.51. The molecule has 0 saturated heterocycles. The summed E-state index contributed by atoms with van der Waals surface area (Å²) in [6.45, 7) is 0.174. The Balaban J connectivity index is 2.25. The third-order valence-corrected chi connectivity index (χ3v) is 2.71. The Morgan fingerprint density at radius 2 is 2.00 bits per heavy atom. The molecule has 8 heteroatoms. The zero-order valence-electron chi connectivity index (χ0n) is 10.6. The molecule has 1 heterocycles. The lowest BCUT2D eigenvalue weighted by Gasteiger charge is -2.10. The van der Waals surface area contributed by atoms with E-state index in [1.165, 1.54) is 0 Å². The average molecular weight is 297 g/mol. The molecular weight excluding hydrogens is 287 g/mol. The van der Waals surface area contributed by atoms with Crippen LogP contribution in [0.4, 0.5) is 24.5 Å². The molecule has 21 heavy (non-hydrogen) atoms. The first-order valence-corrected chi connectivity index (χ1v) is 5.87. The molecule has 0 aliphatic rings. The molecule has 0 aliphatic heterocycles. The largest absolute Gasteiger partial charge is 0.416 e. The Labute approximate surface area is 117 Å². The van der Waals surface area contributed by atoms with Crippen molar-refractivity contribution in [3.63, 3.8) is 0 Å². The number of benzene rings is 1. The predicted octanol–water partition coefficient (Wildman–Crippen LogP) is 3.62. The van der Waals surface area contributed by atoms with E-state index in [9.17, 15) is 23.3 Å². The van der Waals surface area contributed by atoms with Crippen LogP contribution >= 0.6 is 0 Å². The van der Waals surface area contributed by atoms with Crippen molar-refractivity contribution >= 4 is 11.4 Å². The highest BCUT2D eigenvalue weighted by Crippen LogP contribution is 2.35. The monoisotopic (exact) mass is 297 g/mol. The van der Waals surface area contributed by atoms with Crippen molar-refractivity contribution in [2.75, 3.05) is 5.32 Å². The van der Waals surface area contributed by atoms with E-state index in [0.29, 0.717) is 11.8 Å². The van der Waals surface area contributed by atoms with Gasteiger partial charge in [-0.15, -0.1) is 0 Å². The molecule has 5 nitrogen and oxygen atoms in total. The first-order valence-electron chi connectivity index (χ1n) is 5.87. The van der Waals surface area contributed by atoms with Gasteiger partial charge in [0.2, 0.25) is 0 Å². The SMILES string of the molecule is O=[N+]([O-])c1cc(C(F)(F)F)ccc1NCc1ccccn1. The molecule has 0 saturated carbocycles. The van der Waals surface area contributed by atoms with E-state index < -0.39 is 22.4 Å². The van der Waals surface area contributed by atoms with Crippen LogP contribution in [-0.2, 0) is 12.7 Å². The number of halogens is 3. The standard InChI is InChI=1S/C13H10F3N3O2/c14-13(15,16)9-4-5-11(12(7-9)19(20)21)18-8-10-3-1-2-6-17-10/h1-7,18H,8H2. The number of rotatable bonds is 4. The zero-order valence-corrected chi connectivity index (χ0v) is 10.6. The van der Waals surface area contributed by atoms with Gasteiger partial charge in [-0.3, -0.25) is 15.1 Å². The van der Waals surface area contributed by atoms with E-state index in [1.807, 2.05) is 0 Å². The van der Waals surface area contributed by atoms with Crippen LogP contribution < -0.4 is 5.32 Å². The summed E-state index contributed by atoms with van der Waals surface area (Å²) in [4.78, 5) is 14.1. The molecule has 0 unspecified atom stereocenters. The van der Waals surface area contributed by atoms with E-state index in [0.717, 1.165) is 12.1 Å². The van der Waals surface area contributed by atoms with E-state index in [2.05, 4.69) is 10.3 Å². The normalized spacial score (nSPS) is 11.2. The molecule has 0 fully saturated rings. The van der Waals surface area contributed by atoms with Crippen molar-refractivity contribution in [2.45, 2.75) is 12.7 Å². The summed E-state index contributed by atoms with van der Waals surface area (Å²) in [6.07, 6.45) is -3.07. The van der Waals surface area contributed by atoms with E-state index in [1.54, 1.807) is 24.4 Å². The Morgan fingerprint density at radius 1 is 1.24 bits per heavy atom. The lowest BCUT2D eigenvalue weighted by molar-refractivity contribution is -0.384. The molecule has 1 aromatic carbocycles. The third-order valence-electron chi connectivity index (χ3n) is 2.71. The Bertz CT molecular complexity index is 645. The first-order chi connectivity index (χ1) is 9.88. The molecule has 1 N–H and O–H groups in total. The fourth-order valence-electron chi connectivity index (χ4n) is 1.70. The Kier molecular flexibility index (Phi) is 4.06. The molecule has 2 rings (SSSR count). The van der Waals surface area contributed by atoms with Crippen molar-refractivity contribution in [3.05, 3.63) is 64.0 Å². The number of anilines is 1. The van der Waals surface area contributed by atoms with Crippen LogP contribution in [0, 0.1) is 10.1 Å². The van der Waals surface area contributed by atoms with Gasteiger partial charge in [0.05, 0.1) is 22.7 Å². The van der Waals surface area contributed by atoms with Crippen LogP contribution in [0.2, 0.25) is 0 Å². The zero-order chi connectivity index (χ0) is 15.5. The topological polar surface area (TPSA) is 68.1 Å². The second kappa shape index (κ2) is 5.78. The van der Waals surface area contributed by atoms with Gasteiger partial charge in [0.15, 0.2) is 0 Å². The number of hydrogen-bond acceptors (Lipinski definition) is 4. The van der Waals surface area contributed by atoms with E-state index in [4.69, 9.17) is 0 Å². The van der Waals surface area contributed by atoms with Crippen LogP contribution in [0.15, 0.2) is 42.6 Å². The average Bonchev–Trinajstić information content (AvgIpc) is 2.45. The van der Waals surface area contributed by atoms with Gasteiger partial charge < -0.3 is 5.32 Å². The molecule has 0 aliphatic carbocycles. The number of hydrogen-bond donors (Lipinski definition) is 1. The number of pyridine rings is 1. The van der Waals surface area contributed by atoms with Crippen molar-refractivity contribution in [3.8, 4) is 0 Å². The van der Waals surface area contributed by atoms with Crippen LogP contribution in [0.25, 0.3) is 0 Å². The number of nitro groups is 1. The summed E-state index contributed by atoms with van der Waals surface area (Å²) in [5.41, 5.74) is -1.05. The summed E-state index contributed by atoms with van der Waals surface area (Å²) >= 11 is 0. The molecule has 0 atom stereocenters. The summed E-state index contributed by atoms with van der Waals surface area (Å²) in [5, 5.41) is 13.6. The van der Waals surface area contributed by atoms with Gasteiger partial charge in [-0.1, -0.05) is 6.07 Å². The lowest BCUT2D eigenvalue weighted by atomic mass is 10.1. The maximum Gasteiger partial charge on any atom is 0.416 e. The van der Waals surface area contributed by atoms with Crippen LogP contribution in [0.1, 0.15) is 11.3 Å². The first kappa shape index (κ1) is 14.8. The molecule has 0 bridgehead atoms. The van der Waals surface area contributed by atoms with Gasteiger partial charge in [0, 0.05) is 12.3 Å². The van der Waals surface area contributed by atoms with Crippen LogP contribution in [0.3, 0.4) is 0 Å². The second-order valence-electron chi connectivity index (χ2n) is 4.16. The van der Waals surface area contributed by atoms with Gasteiger partial charge in [0.1, 0.15) is 5.69 Å². The minimum atomic E-state index is -4.62. The van der Waals surface area contributed by atoms with Gasteiger partial charge in [0.25, 0.3) is 5.69 Å². The van der Waals surface area contributed by atoms with Gasteiger partial charge in [-0.25, -0.2) is 0 Å². The van der Waals surface area contributed by atoms with Crippen molar-refractivity contribution in [1.82, 2.24) is 4.98 Å². The number of nitro benzene ring substituents is 1. The maximum absolute atomic E-state index is 12.6. The van der Waals surface area contributed by atoms with Crippen LogP contribution in [0.5, 0.6) is 0 Å². The van der Waals surface area contributed by atoms with Crippen LogP contribution in [-0.4, -0.2) is 9.91 Å². The molecular formula is C13H10F3N3O2. The molecule has 0 radical (unpaired) electrons. The second-order valence-corrected chi connectivity index (χ2v) is 4.16. The Morgan fingerprint density at radius 3 is 2.57 bits per heavy atom. The number of nitrogens with one attached hydrogen (secondary N) is 1. The minimum absolute atomic E-state index is 0.0126. The third kappa shape index (κ3) is 3.68. The molecule has 0 spiro atoms. The minimum Gasteiger partial charge on any atom is -0.374 e. The fourth-order valence-corrected chi connectivity index (χ4v) is 1.70. The van der Waals surface area contributed by atoms with Gasteiger partial charge in [-0.2, -0.15) is 13.2 Å². The summed E-state index contributed by atoms with van der Waals surface area (Å²) in [7, 11) is 0. The van der Waals surface area contributed by atoms with Gasteiger partial charge in [-0.05, 0) is 24.3 Å². The fraction of sp³-hybridized carbons (Fsp3) is 0.154. The van der Waals surface area contributed by atoms with E-state index in [-0.39, 0.29) is 12.2 Å². The number of alkyl halides is 3. The highest BCUT2D eigenvalue weighted by atomic mass is 19.4. The molecule has 1 aromatic heterocycles. The van der Waals surface area contributed by atoms with Crippen molar-refractivity contribution in [2.24, 2.45) is 0 Å².